The van der Waals surface area contributed by atoms with Crippen LogP contribution in [0.5, 0.6) is 0 Å². The molecule has 0 aliphatic rings. The standard InChI is InChI=1S/C29H54O6/c1-4-7-10-13-14-17-19-22-28(31)34-25-26(35-29(32)23-20-16-12-9-6-3)24-33-27(30)21-18-15-11-8-5-2/h26H,4-25H2,1-3H3. The Hall–Kier alpha value is -1.59. The van der Waals surface area contributed by atoms with E-state index < -0.39 is 6.10 Å². The van der Waals surface area contributed by atoms with E-state index >= 15 is 0 Å². The number of rotatable bonds is 25. The zero-order valence-electron chi connectivity index (χ0n) is 23.1. The van der Waals surface area contributed by atoms with Gasteiger partial charge in [0.2, 0.25) is 0 Å². The number of hydrogen-bond donors (Lipinski definition) is 0. The van der Waals surface area contributed by atoms with Gasteiger partial charge in [0.25, 0.3) is 0 Å². The summed E-state index contributed by atoms with van der Waals surface area (Å²) in [5, 5.41) is 0. The molecule has 6 heteroatoms. The van der Waals surface area contributed by atoms with Gasteiger partial charge in [0.05, 0.1) is 0 Å². The quantitative estimate of drug-likeness (QED) is 0.0724. The summed E-state index contributed by atoms with van der Waals surface area (Å²) in [5.74, 6) is -0.914. The van der Waals surface area contributed by atoms with Gasteiger partial charge in [0.1, 0.15) is 13.2 Å². The van der Waals surface area contributed by atoms with Gasteiger partial charge in [-0.15, -0.1) is 0 Å². The van der Waals surface area contributed by atoms with E-state index in [1.165, 1.54) is 38.5 Å². The third kappa shape index (κ3) is 23.9. The summed E-state index contributed by atoms with van der Waals surface area (Å²) in [5.41, 5.74) is 0. The molecule has 206 valence electrons. The molecule has 0 saturated carbocycles. The number of esters is 3. The molecule has 0 amide bonds. The van der Waals surface area contributed by atoms with Crippen LogP contribution in [0.4, 0.5) is 0 Å². The number of ether oxygens (including phenoxy) is 3. The molecule has 0 heterocycles. The summed E-state index contributed by atoms with van der Waals surface area (Å²) in [6.45, 7) is 6.37. The molecular weight excluding hydrogens is 444 g/mol. The van der Waals surface area contributed by atoms with Crippen molar-refractivity contribution in [1.29, 1.82) is 0 Å². The molecule has 35 heavy (non-hydrogen) atoms. The first kappa shape index (κ1) is 33.4. The lowest BCUT2D eigenvalue weighted by molar-refractivity contribution is -0.167. The van der Waals surface area contributed by atoms with Gasteiger partial charge in [-0.1, -0.05) is 111 Å². The number of unbranched alkanes of at least 4 members (excludes halogenated alkanes) is 14. The average Bonchev–Trinajstić information content (AvgIpc) is 2.84. The summed E-state index contributed by atoms with van der Waals surface area (Å²) >= 11 is 0. The van der Waals surface area contributed by atoms with Gasteiger partial charge >= 0.3 is 17.9 Å². The van der Waals surface area contributed by atoms with Crippen LogP contribution in [-0.2, 0) is 28.6 Å². The molecule has 0 aliphatic heterocycles. The lowest BCUT2D eigenvalue weighted by Crippen LogP contribution is -2.30. The first-order valence-electron chi connectivity index (χ1n) is 14.5. The van der Waals surface area contributed by atoms with Crippen molar-refractivity contribution in [3.05, 3.63) is 0 Å². The molecule has 0 N–H and O–H groups in total. The third-order valence-corrected chi connectivity index (χ3v) is 6.11. The highest BCUT2D eigenvalue weighted by Crippen LogP contribution is 2.11. The Kier molecular flexibility index (Phi) is 24.3. The van der Waals surface area contributed by atoms with Crippen molar-refractivity contribution in [3.63, 3.8) is 0 Å². The van der Waals surface area contributed by atoms with Crippen molar-refractivity contribution in [1.82, 2.24) is 0 Å². The van der Waals surface area contributed by atoms with Gasteiger partial charge in [-0.05, 0) is 19.3 Å². The molecule has 0 bridgehead atoms. The van der Waals surface area contributed by atoms with E-state index in [9.17, 15) is 14.4 Å². The van der Waals surface area contributed by atoms with Crippen LogP contribution in [0.25, 0.3) is 0 Å². The van der Waals surface area contributed by atoms with Gasteiger partial charge in [-0.25, -0.2) is 0 Å². The monoisotopic (exact) mass is 498 g/mol. The minimum absolute atomic E-state index is 0.0688. The average molecular weight is 499 g/mol. The second kappa shape index (κ2) is 25.5. The molecule has 0 rings (SSSR count). The van der Waals surface area contributed by atoms with Crippen LogP contribution in [0.3, 0.4) is 0 Å². The van der Waals surface area contributed by atoms with Gasteiger partial charge in [-0.3, -0.25) is 14.4 Å². The maximum atomic E-state index is 12.3. The summed E-state index contributed by atoms with van der Waals surface area (Å²) < 4.78 is 16.2. The molecule has 0 aromatic heterocycles. The van der Waals surface area contributed by atoms with Crippen LogP contribution in [0.1, 0.15) is 149 Å². The van der Waals surface area contributed by atoms with Crippen molar-refractivity contribution < 1.29 is 28.6 Å². The second-order valence-corrected chi connectivity index (χ2v) is 9.68. The second-order valence-electron chi connectivity index (χ2n) is 9.68. The fraction of sp³-hybridized carbons (Fsp3) is 0.897. The van der Waals surface area contributed by atoms with E-state index in [0.717, 1.165) is 70.6 Å². The molecule has 1 unspecified atom stereocenters. The zero-order valence-corrected chi connectivity index (χ0v) is 23.1. The molecule has 6 nitrogen and oxygen atoms in total. The summed E-state index contributed by atoms with van der Waals surface area (Å²) in [7, 11) is 0. The summed E-state index contributed by atoms with van der Waals surface area (Å²) in [6.07, 6.45) is 18.7. The third-order valence-electron chi connectivity index (χ3n) is 6.11. The Balaban J connectivity index is 4.34. The van der Waals surface area contributed by atoms with Crippen LogP contribution < -0.4 is 0 Å². The van der Waals surface area contributed by atoms with E-state index in [1.54, 1.807) is 0 Å². The number of carbonyl (C=O) groups is 3. The highest BCUT2D eigenvalue weighted by atomic mass is 16.6. The van der Waals surface area contributed by atoms with Crippen LogP contribution in [0.15, 0.2) is 0 Å². The van der Waals surface area contributed by atoms with E-state index in [2.05, 4.69) is 20.8 Å². The predicted molar refractivity (Wildman–Crippen MR) is 141 cm³/mol. The van der Waals surface area contributed by atoms with E-state index in [-0.39, 0.29) is 31.1 Å². The Morgan fingerprint density at radius 2 is 0.771 bits per heavy atom. The van der Waals surface area contributed by atoms with Crippen molar-refractivity contribution >= 4 is 17.9 Å². The Morgan fingerprint density at radius 3 is 1.14 bits per heavy atom. The summed E-state index contributed by atoms with van der Waals surface area (Å²) in [6, 6.07) is 0. The van der Waals surface area contributed by atoms with E-state index in [4.69, 9.17) is 14.2 Å². The number of hydrogen-bond acceptors (Lipinski definition) is 6. The Morgan fingerprint density at radius 1 is 0.457 bits per heavy atom. The van der Waals surface area contributed by atoms with E-state index in [1.807, 2.05) is 0 Å². The van der Waals surface area contributed by atoms with Crippen molar-refractivity contribution in [2.75, 3.05) is 13.2 Å². The molecule has 0 fully saturated rings. The molecule has 0 aromatic rings. The molecule has 1 atom stereocenters. The zero-order chi connectivity index (χ0) is 26.0. The SMILES string of the molecule is CCCCCCCCCC(=O)OCC(COC(=O)CCCCCCC)OC(=O)CCCCCCC. The van der Waals surface area contributed by atoms with Gasteiger partial charge in [-0.2, -0.15) is 0 Å². The molecular formula is C29H54O6. The first-order chi connectivity index (χ1) is 17.0. The van der Waals surface area contributed by atoms with Gasteiger partial charge in [0.15, 0.2) is 6.10 Å². The lowest BCUT2D eigenvalue weighted by atomic mass is 10.1. The topological polar surface area (TPSA) is 78.9 Å². The molecule has 0 spiro atoms. The summed E-state index contributed by atoms with van der Waals surface area (Å²) in [4.78, 5) is 36.5. The van der Waals surface area contributed by atoms with Gasteiger partial charge < -0.3 is 14.2 Å². The molecule has 0 radical (unpaired) electrons. The highest BCUT2D eigenvalue weighted by Gasteiger charge is 2.19. The molecule has 0 saturated heterocycles. The fourth-order valence-corrected chi connectivity index (χ4v) is 3.85. The van der Waals surface area contributed by atoms with Crippen molar-refractivity contribution in [2.24, 2.45) is 0 Å². The van der Waals surface area contributed by atoms with Crippen LogP contribution in [0, 0.1) is 0 Å². The number of carbonyl (C=O) groups excluding carboxylic acids is 3. The Labute approximate surface area is 215 Å². The van der Waals surface area contributed by atoms with Crippen LogP contribution in [0.2, 0.25) is 0 Å². The van der Waals surface area contributed by atoms with Crippen molar-refractivity contribution in [2.45, 2.75) is 155 Å². The Bertz CT molecular complexity index is 519. The molecule has 0 aliphatic carbocycles. The van der Waals surface area contributed by atoms with Gasteiger partial charge in [0, 0.05) is 19.3 Å². The van der Waals surface area contributed by atoms with Crippen molar-refractivity contribution in [3.8, 4) is 0 Å². The van der Waals surface area contributed by atoms with Crippen LogP contribution in [-0.4, -0.2) is 37.2 Å². The predicted octanol–water partition coefficient (Wildman–Crippen LogP) is 7.85. The van der Waals surface area contributed by atoms with E-state index in [0.29, 0.717) is 19.3 Å². The minimum atomic E-state index is -0.750. The first-order valence-corrected chi connectivity index (χ1v) is 14.5. The minimum Gasteiger partial charge on any atom is -0.462 e. The smallest absolute Gasteiger partial charge is 0.306 e. The normalized spacial score (nSPS) is 11.7. The molecule has 0 aromatic carbocycles. The lowest BCUT2D eigenvalue weighted by Gasteiger charge is -2.18. The van der Waals surface area contributed by atoms with Crippen LogP contribution >= 0.6 is 0 Å². The largest absolute Gasteiger partial charge is 0.462 e. The maximum Gasteiger partial charge on any atom is 0.306 e. The maximum absolute atomic E-state index is 12.3. The fourth-order valence-electron chi connectivity index (χ4n) is 3.85. The highest BCUT2D eigenvalue weighted by molar-refractivity contribution is 5.71.